The van der Waals surface area contributed by atoms with Crippen LogP contribution in [0.1, 0.15) is 60.3 Å². The van der Waals surface area contributed by atoms with Gasteiger partial charge in [0.05, 0.1) is 5.41 Å². The van der Waals surface area contributed by atoms with Crippen LogP contribution >= 0.6 is 0 Å². The molecule has 0 radical (unpaired) electrons. The van der Waals surface area contributed by atoms with Crippen molar-refractivity contribution < 1.29 is 14.9 Å². The van der Waals surface area contributed by atoms with Crippen molar-refractivity contribution in [3.05, 3.63) is 0 Å². The van der Waals surface area contributed by atoms with Gasteiger partial charge in [0.25, 0.3) is 0 Å². The van der Waals surface area contributed by atoms with Crippen molar-refractivity contribution in [3.8, 4) is 0 Å². The summed E-state index contributed by atoms with van der Waals surface area (Å²) in [6, 6.07) is 0. The Labute approximate surface area is 92.7 Å². The summed E-state index contributed by atoms with van der Waals surface area (Å²) in [4.78, 5) is 9.66. The van der Waals surface area contributed by atoms with Gasteiger partial charge in [0.1, 0.15) is 0 Å². The van der Waals surface area contributed by atoms with Gasteiger partial charge in [-0.25, -0.2) is 0 Å². The first-order chi connectivity index (χ1) is 6.83. The highest BCUT2D eigenvalue weighted by Gasteiger charge is 2.67. The lowest BCUT2D eigenvalue weighted by molar-refractivity contribution is -0.157. The molecule has 0 aromatic heterocycles. The van der Waals surface area contributed by atoms with Crippen molar-refractivity contribution in [2.75, 3.05) is 0 Å². The van der Waals surface area contributed by atoms with Gasteiger partial charge < -0.3 is 5.11 Å². The Kier molecular flexibility index (Phi) is 3.49. The lowest BCUT2D eigenvalue weighted by atomic mass is 9.61. The maximum Gasteiger partial charge on any atom is 0.343 e. The van der Waals surface area contributed by atoms with E-state index in [0.717, 1.165) is 25.7 Å². The molecule has 1 aliphatic rings. The van der Waals surface area contributed by atoms with E-state index in [1.54, 1.807) is 0 Å². The second-order valence-corrected chi connectivity index (χ2v) is 5.54. The minimum Gasteiger partial charge on any atom is -0.339 e. The summed E-state index contributed by atoms with van der Waals surface area (Å²) in [5.41, 5.74) is -0.349. The van der Waals surface area contributed by atoms with Crippen molar-refractivity contribution in [1.82, 2.24) is 0 Å². The Bertz CT molecular complexity index is 208. The number of hydrogen-bond donors (Lipinski definition) is 1. The van der Waals surface area contributed by atoms with Gasteiger partial charge in [-0.1, -0.05) is 47.5 Å². The van der Waals surface area contributed by atoms with E-state index in [1.165, 1.54) is 0 Å². The van der Waals surface area contributed by atoms with Gasteiger partial charge in [-0.3, -0.25) is 0 Å². The molecule has 0 saturated carbocycles. The molecule has 1 heterocycles. The Hall–Kier alpha value is -0.120. The normalized spacial score (nSPS) is 23.6. The van der Waals surface area contributed by atoms with Gasteiger partial charge in [0, 0.05) is 0 Å². The van der Waals surface area contributed by atoms with Crippen LogP contribution < -0.4 is 0 Å². The van der Waals surface area contributed by atoms with Crippen LogP contribution in [0.2, 0.25) is 0 Å². The van der Waals surface area contributed by atoms with Crippen molar-refractivity contribution >= 4 is 0 Å². The standard InChI is InChI=1S/C12H24O3/c1-6-8-9-11(7-2,10(3,4)5)12(13)14-15-12/h13H,6-9H2,1-5H3. The summed E-state index contributed by atoms with van der Waals surface area (Å²) < 4.78 is 0. The molecule has 1 aliphatic heterocycles. The molecule has 1 atom stereocenters. The smallest absolute Gasteiger partial charge is 0.339 e. The quantitative estimate of drug-likeness (QED) is 0.567. The summed E-state index contributed by atoms with van der Waals surface area (Å²) in [6.07, 6.45) is 3.99. The molecule has 3 nitrogen and oxygen atoms in total. The molecule has 1 rings (SSSR count). The predicted molar refractivity (Wildman–Crippen MR) is 58.8 cm³/mol. The molecule has 1 saturated heterocycles. The fourth-order valence-electron chi connectivity index (χ4n) is 2.61. The number of aliphatic hydroxyl groups is 1. The van der Waals surface area contributed by atoms with Crippen LogP contribution in [0.15, 0.2) is 0 Å². The summed E-state index contributed by atoms with van der Waals surface area (Å²) >= 11 is 0. The van der Waals surface area contributed by atoms with E-state index in [1.807, 2.05) is 0 Å². The molecule has 1 fully saturated rings. The van der Waals surface area contributed by atoms with Gasteiger partial charge in [0.15, 0.2) is 0 Å². The van der Waals surface area contributed by atoms with Crippen LogP contribution in [0, 0.1) is 10.8 Å². The number of unbranched alkanes of at least 4 members (excludes halogenated alkanes) is 1. The zero-order valence-corrected chi connectivity index (χ0v) is 10.6. The molecule has 90 valence electrons. The number of hydrogen-bond acceptors (Lipinski definition) is 3. The van der Waals surface area contributed by atoms with E-state index in [2.05, 4.69) is 34.6 Å². The molecular formula is C12H24O3. The van der Waals surface area contributed by atoms with Crippen molar-refractivity contribution in [1.29, 1.82) is 0 Å². The van der Waals surface area contributed by atoms with Gasteiger partial charge >= 0.3 is 5.97 Å². The fraction of sp³-hybridized carbons (Fsp3) is 1.00. The Morgan fingerprint density at radius 2 is 1.67 bits per heavy atom. The van der Waals surface area contributed by atoms with Gasteiger partial charge in [0.2, 0.25) is 0 Å². The van der Waals surface area contributed by atoms with Crippen molar-refractivity contribution in [3.63, 3.8) is 0 Å². The molecule has 0 bridgehead atoms. The zero-order chi connectivity index (χ0) is 11.7. The van der Waals surface area contributed by atoms with E-state index in [4.69, 9.17) is 9.78 Å². The van der Waals surface area contributed by atoms with E-state index in [-0.39, 0.29) is 10.8 Å². The highest BCUT2D eigenvalue weighted by molar-refractivity contribution is 4.97. The van der Waals surface area contributed by atoms with E-state index in [9.17, 15) is 5.11 Å². The lowest BCUT2D eigenvalue weighted by Gasteiger charge is -2.44. The topological polar surface area (TPSA) is 45.3 Å². The predicted octanol–water partition coefficient (Wildman–Crippen LogP) is 3.23. The Balaban J connectivity index is 2.92. The highest BCUT2D eigenvalue weighted by atomic mass is 17.4. The van der Waals surface area contributed by atoms with Gasteiger partial charge in [-0.05, 0) is 18.3 Å². The molecule has 1 N–H and O–H groups in total. The maximum absolute atomic E-state index is 10.2. The minimum absolute atomic E-state index is 0.0395. The van der Waals surface area contributed by atoms with Crippen LogP contribution in [0.25, 0.3) is 0 Å². The van der Waals surface area contributed by atoms with Crippen molar-refractivity contribution in [2.45, 2.75) is 66.3 Å². The highest BCUT2D eigenvalue weighted by Crippen LogP contribution is 2.59. The van der Waals surface area contributed by atoms with Gasteiger partial charge in [-0.2, -0.15) is 9.78 Å². The third-order valence-electron chi connectivity index (χ3n) is 3.84. The van der Waals surface area contributed by atoms with E-state index < -0.39 is 5.97 Å². The number of rotatable bonds is 5. The molecule has 0 aliphatic carbocycles. The average Bonchev–Trinajstić information content (AvgIpc) is 2.84. The summed E-state index contributed by atoms with van der Waals surface area (Å²) in [6.45, 7) is 10.6. The SMILES string of the molecule is CCCCC(CC)(C(C)(C)C)C1(O)OO1. The molecule has 0 aromatic rings. The molecule has 0 amide bonds. The molecule has 0 aromatic carbocycles. The lowest BCUT2D eigenvalue weighted by Crippen LogP contribution is -2.47. The average molecular weight is 216 g/mol. The van der Waals surface area contributed by atoms with E-state index >= 15 is 0 Å². The first-order valence-electron chi connectivity index (χ1n) is 5.92. The Morgan fingerprint density at radius 1 is 1.13 bits per heavy atom. The summed E-state index contributed by atoms with van der Waals surface area (Å²) in [7, 11) is 0. The van der Waals surface area contributed by atoms with Crippen LogP contribution in [-0.2, 0) is 9.78 Å². The fourth-order valence-corrected chi connectivity index (χ4v) is 2.61. The summed E-state index contributed by atoms with van der Waals surface area (Å²) in [5.74, 6) is -1.35. The second-order valence-electron chi connectivity index (χ2n) is 5.54. The second kappa shape index (κ2) is 4.04. The van der Waals surface area contributed by atoms with Crippen LogP contribution in [-0.4, -0.2) is 11.1 Å². The minimum atomic E-state index is -1.35. The van der Waals surface area contributed by atoms with E-state index in [0.29, 0.717) is 0 Å². The van der Waals surface area contributed by atoms with Crippen LogP contribution in [0.3, 0.4) is 0 Å². The van der Waals surface area contributed by atoms with Gasteiger partial charge in [-0.15, -0.1) is 0 Å². The summed E-state index contributed by atoms with van der Waals surface area (Å²) in [5, 5.41) is 10.2. The third kappa shape index (κ3) is 2.05. The van der Waals surface area contributed by atoms with Crippen LogP contribution in [0.4, 0.5) is 0 Å². The monoisotopic (exact) mass is 216 g/mol. The molecule has 1 unspecified atom stereocenters. The molecule has 0 spiro atoms. The third-order valence-corrected chi connectivity index (χ3v) is 3.84. The molecule has 3 heteroatoms. The van der Waals surface area contributed by atoms with Crippen LogP contribution in [0.5, 0.6) is 0 Å². The molecule has 15 heavy (non-hydrogen) atoms. The Morgan fingerprint density at radius 3 is 1.93 bits per heavy atom. The van der Waals surface area contributed by atoms with Crippen molar-refractivity contribution in [2.24, 2.45) is 10.8 Å². The molecular weight excluding hydrogens is 192 g/mol. The zero-order valence-electron chi connectivity index (χ0n) is 10.6. The first kappa shape index (κ1) is 12.9. The maximum atomic E-state index is 10.2. The largest absolute Gasteiger partial charge is 0.343 e. The first-order valence-corrected chi connectivity index (χ1v) is 5.92.